The van der Waals surface area contributed by atoms with Crippen molar-refractivity contribution in [1.82, 2.24) is 0 Å². The third-order valence-electron chi connectivity index (χ3n) is 12.6. The number of aliphatic hydroxyl groups excluding tert-OH is 5. The van der Waals surface area contributed by atoms with E-state index in [2.05, 4.69) is 0 Å². The molecular formula is C41H56F3O16-. The minimum Gasteiger partial charge on any atom is -0.542 e. The average Bonchev–Trinajstić information content (AvgIpc) is 3.81. The summed E-state index contributed by atoms with van der Waals surface area (Å²) in [6, 6.07) is 0. The first-order chi connectivity index (χ1) is 28.3. The van der Waals surface area contributed by atoms with Crippen molar-refractivity contribution in [2.24, 2.45) is 40.9 Å². The summed E-state index contributed by atoms with van der Waals surface area (Å²) >= 11 is 0. The average molecular weight is 862 g/mol. The molecule has 1 saturated carbocycles. The molecule has 0 amide bonds. The number of esters is 2. The number of carbonyl (C=O) groups is 4. The molecule has 2 heterocycles. The first kappa shape index (κ1) is 48.8. The topological polar surface area (TPSA) is 248 Å². The predicted molar refractivity (Wildman–Crippen MR) is 199 cm³/mol. The molecule has 3 aliphatic carbocycles. The number of hydrogen-bond acceptors (Lipinski definition) is 16. The second kappa shape index (κ2) is 20.3. The highest BCUT2D eigenvalue weighted by Gasteiger charge is 2.69. The lowest BCUT2D eigenvalue weighted by Crippen LogP contribution is -2.57. The fourth-order valence-corrected chi connectivity index (χ4v) is 9.27. The zero-order chi connectivity index (χ0) is 44.7. The SMILES string of the molecule is CO[C@H]1CC2C=C[C@H]3[C@H]4O[C@]2(/C(C)=C/[C@@H](C)[C@@H]([C@@H](C)OC(=O)OCCC(CCO)C(CO)(CO)CO)OC1=O)[C@@H]3[C@H](O)[C@@H](C)[C@H]4OC(=O)C1=CC=CC1.O=C([O-])C(F)(F)F. The molecule has 1 saturated heterocycles. The lowest BCUT2D eigenvalue weighted by molar-refractivity contribution is -0.344. The van der Waals surface area contributed by atoms with Crippen molar-refractivity contribution in [2.45, 2.75) is 102 Å². The number of methoxy groups -OCH3 is 1. The van der Waals surface area contributed by atoms with Gasteiger partial charge in [0.05, 0.1) is 32.5 Å². The highest BCUT2D eigenvalue weighted by atomic mass is 19.4. The van der Waals surface area contributed by atoms with Crippen molar-refractivity contribution in [3.63, 3.8) is 0 Å². The number of ether oxygens (including phenoxy) is 6. The van der Waals surface area contributed by atoms with Crippen molar-refractivity contribution >= 4 is 24.1 Å². The molecule has 5 N–H and O–H groups in total. The third kappa shape index (κ3) is 10.1. The summed E-state index contributed by atoms with van der Waals surface area (Å²) < 4.78 is 67.2. The molecule has 338 valence electrons. The maximum atomic E-state index is 13.7. The molecule has 1 spiro atoms. The summed E-state index contributed by atoms with van der Waals surface area (Å²) in [6.07, 6.45) is 0.864. The van der Waals surface area contributed by atoms with E-state index in [1.807, 2.05) is 51.2 Å². The van der Waals surface area contributed by atoms with Crippen LogP contribution < -0.4 is 5.11 Å². The number of carbonyl (C=O) groups excluding carboxylic acids is 4. The van der Waals surface area contributed by atoms with Gasteiger partial charge in [0, 0.05) is 54.3 Å². The van der Waals surface area contributed by atoms with Crippen LogP contribution in [0.15, 0.2) is 47.6 Å². The van der Waals surface area contributed by atoms with E-state index >= 15 is 0 Å². The van der Waals surface area contributed by atoms with Gasteiger partial charge < -0.3 is 63.9 Å². The van der Waals surface area contributed by atoms with Gasteiger partial charge in [0.2, 0.25) is 0 Å². The summed E-state index contributed by atoms with van der Waals surface area (Å²) in [5, 5.41) is 59.8. The molecule has 0 radical (unpaired) electrons. The van der Waals surface area contributed by atoms with Gasteiger partial charge in [-0.1, -0.05) is 50.3 Å². The first-order valence-electron chi connectivity index (χ1n) is 19.8. The van der Waals surface area contributed by atoms with Crippen LogP contribution in [-0.4, -0.2) is 138 Å². The van der Waals surface area contributed by atoms with E-state index < -0.39 is 127 Å². The van der Waals surface area contributed by atoms with Crippen LogP contribution in [0.4, 0.5) is 18.0 Å². The van der Waals surface area contributed by atoms with Crippen LogP contribution in [0.2, 0.25) is 0 Å². The fourth-order valence-electron chi connectivity index (χ4n) is 9.27. The Morgan fingerprint density at radius 1 is 1.07 bits per heavy atom. The van der Waals surface area contributed by atoms with Gasteiger partial charge in [-0.25, -0.2) is 14.4 Å². The number of cyclic esters (lactones) is 1. The lowest BCUT2D eigenvalue weighted by atomic mass is 9.57. The number of aliphatic carboxylic acids is 1. The maximum absolute atomic E-state index is 13.7. The first-order valence-corrected chi connectivity index (χ1v) is 19.8. The van der Waals surface area contributed by atoms with Gasteiger partial charge in [0.25, 0.3) is 0 Å². The fraction of sp³-hybridized carbons (Fsp3) is 0.707. The van der Waals surface area contributed by atoms with Crippen molar-refractivity contribution in [1.29, 1.82) is 0 Å². The predicted octanol–water partition coefficient (Wildman–Crippen LogP) is 1.46. The zero-order valence-corrected chi connectivity index (χ0v) is 34.1. The highest BCUT2D eigenvalue weighted by molar-refractivity contribution is 5.90. The molecule has 4 bridgehead atoms. The van der Waals surface area contributed by atoms with E-state index in [0.29, 0.717) is 12.0 Å². The van der Waals surface area contributed by atoms with Crippen molar-refractivity contribution in [2.75, 3.05) is 40.1 Å². The smallest absolute Gasteiger partial charge is 0.508 e. The Labute approximate surface area is 345 Å². The highest BCUT2D eigenvalue weighted by Crippen LogP contribution is 2.61. The van der Waals surface area contributed by atoms with Crippen molar-refractivity contribution in [3.8, 4) is 0 Å². The lowest BCUT2D eigenvalue weighted by Gasteiger charge is -2.49. The molecule has 0 aromatic carbocycles. The standard InChI is InChI=1S/C39H56O14.C2HF3O2/c1-21-16-22(2)39-27(10-11-28-30(39)31(44)23(3)33(34(28)53-39)52-35(45)25-8-6-7-9-25)17-29(48-5)36(46)51-32(21)24(4)50-37(47)49-15-13-26(12-14-40)38(18-41,19-42)20-43;3-2(4,5)1(6)7/h6-8,10-11,16,21,23-24,26-34,40-44H,9,12-15,17-20H2,1-5H3;(H,6,7)/p-1/b22-16+;/t21-,23-,24-,26?,27?,28-,29+,30+,31-,32+,33-,34-,39+;/m1./s1. The van der Waals surface area contributed by atoms with Crippen molar-refractivity contribution in [3.05, 3.63) is 47.6 Å². The maximum Gasteiger partial charge on any atom is 0.508 e. The second-order valence-electron chi connectivity index (χ2n) is 16.1. The number of aliphatic hydroxyl groups is 5. The Kier molecular flexibility index (Phi) is 16.6. The van der Waals surface area contributed by atoms with Gasteiger partial charge in [0.1, 0.15) is 36.0 Å². The third-order valence-corrected chi connectivity index (χ3v) is 12.6. The van der Waals surface area contributed by atoms with Crippen LogP contribution in [0.5, 0.6) is 0 Å². The number of alkyl halides is 3. The van der Waals surface area contributed by atoms with E-state index in [0.717, 1.165) is 5.57 Å². The quantitative estimate of drug-likeness (QED) is 0.0943. The Bertz CT molecular complexity index is 1650. The van der Waals surface area contributed by atoms with Crippen LogP contribution in [-0.2, 0) is 42.8 Å². The van der Waals surface area contributed by atoms with Crippen LogP contribution in [0.3, 0.4) is 0 Å². The number of carboxylic acid groups (broad SMARTS) is 1. The largest absolute Gasteiger partial charge is 0.542 e. The summed E-state index contributed by atoms with van der Waals surface area (Å²) in [4.78, 5) is 48.5. The molecule has 2 fully saturated rings. The molecule has 5 aliphatic rings. The number of rotatable bonds is 14. The summed E-state index contributed by atoms with van der Waals surface area (Å²) in [5.41, 5.74) is -1.01. The van der Waals surface area contributed by atoms with E-state index in [1.165, 1.54) is 7.11 Å². The minimum absolute atomic E-state index is 0.123. The Balaban J connectivity index is 0.00000104. The number of carboxylic acids is 1. The van der Waals surface area contributed by atoms with E-state index in [9.17, 15) is 53.1 Å². The Morgan fingerprint density at radius 3 is 2.27 bits per heavy atom. The normalized spacial score (nSPS) is 34.0. The monoisotopic (exact) mass is 861 g/mol. The molecule has 5 rings (SSSR count). The molecule has 0 aromatic heterocycles. The Morgan fingerprint density at radius 2 is 1.72 bits per heavy atom. The van der Waals surface area contributed by atoms with E-state index in [4.69, 9.17) is 38.3 Å². The van der Waals surface area contributed by atoms with Crippen LogP contribution >= 0.6 is 0 Å². The number of allylic oxidation sites excluding steroid dienone is 3. The molecule has 2 aliphatic heterocycles. The van der Waals surface area contributed by atoms with Gasteiger partial charge in [0.15, 0.2) is 6.10 Å². The molecular weight excluding hydrogens is 805 g/mol. The van der Waals surface area contributed by atoms with Gasteiger partial charge in [-0.3, -0.25) is 0 Å². The molecule has 0 aromatic rings. The van der Waals surface area contributed by atoms with E-state index in [-0.39, 0.29) is 38.4 Å². The van der Waals surface area contributed by atoms with Crippen LogP contribution in [0.25, 0.3) is 0 Å². The van der Waals surface area contributed by atoms with Crippen LogP contribution in [0, 0.1) is 40.9 Å². The molecule has 2 unspecified atom stereocenters. The van der Waals surface area contributed by atoms with Gasteiger partial charge in [-0.05, 0) is 51.0 Å². The van der Waals surface area contributed by atoms with E-state index in [1.54, 1.807) is 13.0 Å². The number of hydrogen-bond donors (Lipinski definition) is 5. The molecule has 16 nitrogen and oxygen atoms in total. The minimum atomic E-state index is -5.19. The molecule has 19 heteroatoms. The summed E-state index contributed by atoms with van der Waals surface area (Å²) in [6.45, 7) is 5.15. The van der Waals surface area contributed by atoms with Crippen LogP contribution in [0.1, 0.15) is 53.4 Å². The molecule has 13 atom stereocenters. The molecule has 60 heavy (non-hydrogen) atoms. The number of halogens is 3. The summed E-state index contributed by atoms with van der Waals surface area (Å²) in [5.74, 6) is -6.70. The Hall–Kier alpha value is -3.85. The second-order valence-corrected chi connectivity index (χ2v) is 16.1. The van der Waals surface area contributed by atoms with Gasteiger partial charge in [-0.2, -0.15) is 13.2 Å². The van der Waals surface area contributed by atoms with Gasteiger partial charge >= 0.3 is 24.3 Å². The zero-order valence-electron chi connectivity index (χ0n) is 34.1. The van der Waals surface area contributed by atoms with Crippen molar-refractivity contribution < 1.29 is 91.4 Å². The van der Waals surface area contributed by atoms with Gasteiger partial charge in [-0.15, -0.1) is 0 Å². The summed E-state index contributed by atoms with van der Waals surface area (Å²) in [7, 11) is 1.41.